The molecule has 90 valence electrons. The van der Waals surface area contributed by atoms with Crippen molar-refractivity contribution < 1.29 is 9.84 Å². The average molecular weight is 215 g/mol. The van der Waals surface area contributed by atoms with Crippen LogP contribution in [0.5, 0.6) is 0 Å². The maximum atomic E-state index is 9.66. The molecule has 0 aliphatic heterocycles. The van der Waals surface area contributed by atoms with Gasteiger partial charge in [-0.1, -0.05) is 13.3 Å². The molecule has 3 heteroatoms. The van der Waals surface area contributed by atoms with Crippen molar-refractivity contribution in [2.75, 3.05) is 13.2 Å². The van der Waals surface area contributed by atoms with E-state index in [0.717, 1.165) is 5.92 Å². The molecule has 0 bridgehead atoms. The lowest BCUT2D eigenvalue weighted by Crippen LogP contribution is -2.39. The molecule has 3 unspecified atom stereocenters. The fraction of sp³-hybridized carbons (Fsp3) is 1.00. The van der Waals surface area contributed by atoms with Gasteiger partial charge in [0.1, 0.15) is 0 Å². The number of ether oxygens (including phenoxy) is 1. The van der Waals surface area contributed by atoms with E-state index in [9.17, 15) is 5.11 Å². The van der Waals surface area contributed by atoms with E-state index < -0.39 is 0 Å². The molecule has 0 radical (unpaired) electrons. The molecule has 0 saturated heterocycles. The van der Waals surface area contributed by atoms with E-state index in [1.165, 1.54) is 19.3 Å². The largest absolute Gasteiger partial charge is 0.389 e. The molecule has 0 aromatic carbocycles. The third kappa shape index (κ3) is 4.96. The van der Waals surface area contributed by atoms with Crippen LogP contribution < -0.4 is 5.32 Å². The molecule has 15 heavy (non-hydrogen) atoms. The zero-order valence-electron chi connectivity index (χ0n) is 10.2. The second-order valence-electron chi connectivity index (χ2n) is 4.96. The Morgan fingerprint density at radius 3 is 2.67 bits per heavy atom. The maximum Gasteiger partial charge on any atom is 0.0897 e. The smallest absolute Gasteiger partial charge is 0.0897 e. The summed E-state index contributed by atoms with van der Waals surface area (Å²) in [6.07, 6.45) is 3.71. The minimum absolute atomic E-state index is 0.199. The van der Waals surface area contributed by atoms with Crippen LogP contribution in [0.1, 0.15) is 40.0 Å². The van der Waals surface area contributed by atoms with Crippen LogP contribution in [0, 0.1) is 5.92 Å². The summed E-state index contributed by atoms with van der Waals surface area (Å²) in [5.74, 6) is 0.753. The molecular weight excluding hydrogens is 190 g/mol. The molecule has 1 aliphatic rings. The first-order valence-corrected chi connectivity index (χ1v) is 6.12. The van der Waals surface area contributed by atoms with Crippen molar-refractivity contribution in [3.63, 3.8) is 0 Å². The van der Waals surface area contributed by atoms with Crippen LogP contribution in [0.2, 0.25) is 0 Å². The first kappa shape index (κ1) is 12.9. The van der Waals surface area contributed by atoms with Crippen molar-refractivity contribution in [3.05, 3.63) is 0 Å². The van der Waals surface area contributed by atoms with Crippen molar-refractivity contribution in [1.29, 1.82) is 0 Å². The van der Waals surface area contributed by atoms with E-state index in [1.54, 1.807) is 0 Å². The Balaban J connectivity index is 2.08. The molecule has 1 saturated carbocycles. The lowest BCUT2D eigenvalue weighted by molar-refractivity contribution is 0.00511. The van der Waals surface area contributed by atoms with E-state index >= 15 is 0 Å². The Hall–Kier alpha value is -0.120. The van der Waals surface area contributed by atoms with Gasteiger partial charge in [-0.15, -0.1) is 0 Å². The summed E-state index contributed by atoms with van der Waals surface area (Å²) in [7, 11) is 0. The normalized spacial score (nSPS) is 28.6. The van der Waals surface area contributed by atoms with Crippen LogP contribution in [0.15, 0.2) is 0 Å². The molecule has 2 N–H and O–H groups in total. The molecule has 3 nitrogen and oxygen atoms in total. The van der Waals surface area contributed by atoms with Gasteiger partial charge in [0.15, 0.2) is 0 Å². The molecular formula is C12H25NO2. The first-order chi connectivity index (χ1) is 7.09. The summed E-state index contributed by atoms with van der Waals surface area (Å²) in [6.45, 7) is 7.34. The van der Waals surface area contributed by atoms with Gasteiger partial charge in [-0.2, -0.15) is 0 Å². The third-order valence-electron chi connectivity index (χ3n) is 3.10. The summed E-state index contributed by atoms with van der Waals surface area (Å²) in [5.41, 5.74) is 0. The SMILES string of the molecule is CC(C)OCC(O)CNC1CCCC1C. The number of rotatable bonds is 6. The Morgan fingerprint density at radius 2 is 2.13 bits per heavy atom. The van der Waals surface area contributed by atoms with Gasteiger partial charge in [0.25, 0.3) is 0 Å². The van der Waals surface area contributed by atoms with Gasteiger partial charge < -0.3 is 15.2 Å². The summed E-state index contributed by atoms with van der Waals surface area (Å²) in [5, 5.41) is 13.1. The van der Waals surface area contributed by atoms with Crippen LogP contribution >= 0.6 is 0 Å². The Bertz CT molecular complexity index is 173. The number of hydrogen-bond acceptors (Lipinski definition) is 3. The molecule has 0 spiro atoms. The van der Waals surface area contributed by atoms with Crippen LogP contribution in [0.3, 0.4) is 0 Å². The van der Waals surface area contributed by atoms with E-state index in [1.807, 2.05) is 13.8 Å². The predicted octanol–water partition coefficient (Wildman–Crippen LogP) is 1.55. The van der Waals surface area contributed by atoms with Crippen LogP contribution in [-0.4, -0.2) is 36.5 Å². The van der Waals surface area contributed by atoms with Gasteiger partial charge in [-0.25, -0.2) is 0 Å². The van der Waals surface area contributed by atoms with E-state index in [0.29, 0.717) is 19.2 Å². The number of nitrogens with one attached hydrogen (secondary N) is 1. The van der Waals surface area contributed by atoms with Crippen molar-refractivity contribution in [2.24, 2.45) is 5.92 Å². The second kappa shape index (κ2) is 6.46. The molecule has 0 aromatic rings. The van der Waals surface area contributed by atoms with Crippen LogP contribution in [-0.2, 0) is 4.74 Å². The summed E-state index contributed by atoms with van der Waals surface area (Å²) in [6, 6.07) is 0.596. The Kier molecular flexibility index (Phi) is 5.58. The molecule has 0 amide bonds. The summed E-state index contributed by atoms with van der Waals surface area (Å²) < 4.78 is 5.36. The third-order valence-corrected chi connectivity index (χ3v) is 3.10. The van der Waals surface area contributed by atoms with E-state index in [2.05, 4.69) is 12.2 Å². The quantitative estimate of drug-likeness (QED) is 0.706. The highest BCUT2D eigenvalue weighted by molar-refractivity contribution is 4.80. The molecule has 0 heterocycles. The highest BCUT2D eigenvalue weighted by Gasteiger charge is 2.23. The van der Waals surface area contributed by atoms with Crippen molar-refractivity contribution in [3.8, 4) is 0 Å². The zero-order valence-corrected chi connectivity index (χ0v) is 10.2. The molecule has 0 aromatic heterocycles. The maximum absolute atomic E-state index is 9.66. The monoisotopic (exact) mass is 215 g/mol. The highest BCUT2D eigenvalue weighted by Crippen LogP contribution is 2.24. The number of aliphatic hydroxyl groups excluding tert-OH is 1. The molecule has 1 aliphatic carbocycles. The van der Waals surface area contributed by atoms with Crippen molar-refractivity contribution in [1.82, 2.24) is 5.32 Å². The van der Waals surface area contributed by atoms with Crippen molar-refractivity contribution >= 4 is 0 Å². The fourth-order valence-corrected chi connectivity index (χ4v) is 2.10. The highest BCUT2D eigenvalue weighted by atomic mass is 16.5. The Morgan fingerprint density at radius 1 is 1.40 bits per heavy atom. The van der Waals surface area contributed by atoms with Gasteiger partial charge in [0.05, 0.1) is 18.8 Å². The second-order valence-corrected chi connectivity index (χ2v) is 4.96. The molecule has 1 rings (SSSR count). The van der Waals surface area contributed by atoms with Gasteiger partial charge in [-0.3, -0.25) is 0 Å². The fourth-order valence-electron chi connectivity index (χ4n) is 2.10. The molecule has 3 atom stereocenters. The Labute approximate surface area is 93.2 Å². The van der Waals surface area contributed by atoms with Crippen LogP contribution in [0.4, 0.5) is 0 Å². The van der Waals surface area contributed by atoms with Gasteiger partial charge in [0, 0.05) is 12.6 Å². The van der Waals surface area contributed by atoms with Gasteiger partial charge >= 0.3 is 0 Å². The van der Waals surface area contributed by atoms with Gasteiger partial charge in [0.2, 0.25) is 0 Å². The predicted molar refractivity (Wildman–Crippen MR) is 61.9 cm³/mol. The van der Waals surface area contributed by atoms with E-state index in [4.69, 9.17) is 4.74 Å². The lowest BCUT2D eigenvalue weighted by Gasteiger charge is -2.20. The minimum Gasteiger partial charge on any atom is -0.389 e. The topological polar surface area (TPSA) is 41.5 Å². The average Bonchev–Trinajstić information content (AvgIpc) is 2.58. The standard InChI is InChI=1S/C12H25NO2/c1-9(2)15-8-11(14)7-13-12-6-4-5-10(12)3/h9-14H,4-8H2,1-3H3. The van der Waals surface area contributed by atoms with Crippen LogP contribution in [0.25, 0.3) is 0 Å². The summed E-state index contributed by atoms with van der Waals surface area (Å²) >= 11 is 0. The molecule has 1 fully saturated rings. The van der Waals surface area contributed by atoms with Gasteiger partial charge in [-0.05, 0) is 32.6 Å². The van der Waals surface area contributed by atoms with E-state index in [-0.39, 0.29) is 12.2 Å². The lowest BCUT2D eigenvalue weighted by atomic mass is 10.1. The minimum atomic E-state index is -0.375. The number of hydrogen-bond donors (Lipinski definition) is 2. The number of aliphatic hydroxyl groups is 1. The zero-order chi connectivity index (χ0) is 11.3. The first-order valence-electron chi connectivity index (χ1n) is 6.12. The summed E-state index contributed by atoms with van der Waals surface area (Å²) in [4.78, 5) is 0. The van der Waals surface area contributed by atoms with Crippen molar-refractivity contribution in [2.45, 2.75) is 58.3 Å².